The summed E-state index contributed by atoms with van der Waals surface area (Å²) in [6.45, 7) is 28.2. The summed E-state index contributed by atoms with van der Waals surface area (Å²) in [6, 6.07) is 0. The van der Waals surface area contributed by atoms with Gasteiger partial charge >= 0.3 is 0 Å². The Labute approximate surface area is 285 Å². The van der Waals surface area contributed by atoms with Crippen molar-refractivity contribution in [2.75, 3.05) is 157 Å². The molecule has 0 spiro atoms. The molecule has 0 aromatic carbocycles. The topological polar surface area (TPSA) is 130 Å². The van der Waals surface area contributed by atoms with Crippen molar-refractivity contribution in [1.29, 1.82) is 0 Å². The number of nitrogens with one attached hydrogen (secondary N) is 3. The molecule has 3 heterocycles. The first kappa shape index (κ1) is 41.7. The van der Waals surface area contributed by atoms with E-state index in [-0.39, 0.29) is 0 Å². The zero-order chi connectivity index (χ0) is 32.8. The molecule has 0 atom stereocenters. The Kier molecular flexibility index (Phi) is 27.8. The molecule has 0 saturated carbocycles. The van der Waals surface area contributed by atoms with Gasteiger partial charge in [0, 0.05) is 52.4 Å². The molecule has 0 bridgehead atoms. The van der Waals surface area contributed by atoms with E-state index in [0.717, 1.165) is 52.1 Å². The fraction of sp³-hybridized carbons (Fsp3) is 1.00. The first-order valence-electron chi connectivity index (χ1n) is 19.6. The van der Waals surface area contributed by atoms with E-state index in [1.165, 1.54) is 176 Å². The standard InChI is InChI=1S/C26H55N7.C9H24N4/c1(9-27-11-6-18-31-21-22-31)3-15-30(17-5-13-29-14-8-20-33-25-26-33)16-4-2-10-28-12-7-19-32-23-24-32;10-4-1-2-7-13(9-6-12)8-3-5-11/h27-29H,1-26H2;1-12H2. The molecule has 11 nitrogen and oxygen atoms in total. The van der Waals surface area contributed by atoms with Gasteiger partial charge in [0.15, 0.2) is 0 Å². The highest BCUT2D eigenvalue weighted by Crippen LogP contribution is 2.05. The number of rotatable bonds is 35. The van der Waals surface area contributed by atoms with Crippen LogP contribution in [0.15, 0.2) is 0 Å². The van der Waals surface area contributed by atoms with Gasteiger partial charge in [-0.15, -0.1) is 0 Å². The minimum atomic E-state index is 0.729. The van der Waals surface area contributed by atoms with Crippen molar-refractivity contribution in [2.45, 2.75) is 70.6 Å². The molecule has 3 fully saturated rings. The quantitative estimate of drug-likeness (QED) is 0.0422. The fourth-order valence-electron chi connectivity index (χ4n) is 5.79. The summed E-state index contributed by atoms with van der Waals surface area (Å²) in [5, 5.41) is 10.9. The Hall–Kier alpha value is -0.440. The van der Waals surface area contributed by atoms with Crippen molar-refractivity contribution >= 4 is 0 Å². The van der Waals surface area contributed by atoms with Gasteiger partial charge in [0.05, 0.1) is 0 Å². The second kappa shape index (κ2) is 30.6. The summed E-state index contributed by atoms with van der Waals surface area (Å²) in [4.78, 5) is 12.6. The van der Waals surface area contributed by atoms with Gasteiger partial charge in [0.2, 0.25) is 0 Å². The Morgan fingerprint density at radius 2 is 0.696 bits per heavy atom. The monoisotopic (exact) mass is 654 g/mol. The lowest BCUT2D eigenvalue weighted by atomic mass is 10.2. The normalized spacial score (nSPS) is 16.4. The zero-order valence-corrected chi connectivity index (χ0v) is 30.2. The SMILES string of the molecule is C(CCN(CCCCNCCCN1CC1)CCCNCCCN1CC1)CNCCCN1CC1.NCCCCN(CCN)CCCN. The highest BCUT2D eigenvalue weighted by atomic mass is 15.3. The fourth-order valence-corrected chi connectivity index (χ4v) is 5.79. The van der Waals surface area contributed by atoms with E-state index in [2.05, 4.69) is 40.4 Å². The predicted molar refractivity (Wildman–Crippen MR) is 199 cm³/mol. The first-order valence-corrected chi connectivity index (χ1v) is 19.6. The first-order chi connectivity index (χ1) is 22.7. The molecule has 0 aromatic heterocycles. The average Bonchev–Trinajstić information content (AvgIpc) is 3.91. The van der Waals surface area contributed by atoms with Crippen LogP contribution < -0.4 is 33.2 Å². The molecule has 46 heavy (non-hydrogen) atoms. The summed E-state index contributed by atoms with van der Waals surface area (Å²) in [6.07, 6.45) is 13.8. The van der Waals surface area contributed by atoms with Crippen LogP contribution in [0.4, 0.5) is 0 Å². The van der Waals surface area contributed by atoms with Gasteiger partial charge in [-0.3, -0.25) is 0 Å². The van der Waals surface area contributed by atoms with Gasteiger partial charge in [-0.1, -0.05) is 0 Å². The maximum Gasteiger partial charge on any atom is 0.0110 e. The number of hydrogen-bond acceptors (Lipinski definition) is 11. The third-order valence-corrected chi connectivity index (χ3v) is 9.14. The molecule has 11 heteroatoms. The molecule has 9 N–H and O–H groups in total. The van der Waals surface area contributed by atoms with E-state index in [9.17, 15) is 0 Å². The van der Waals surface area contributed by atoms with Crippen molar-refractivity contribution in [2.24, 2.45) is 17.2 Å². The van der Waals surface area contributed by atoms with E-state index in [0.29, 0.717) is 0 Å². The summed E-state index contributed by atoms with van der Waals surface area (Å²) in [5.74, 6) is 0. The molecule has 274 valence electrons. The van der Waals surface area contributed by atoms with Crippen molar-refractivity contribution in [3.8, 4) is 0 Å². The Morgan fingerprint density at radius 1 is 0.348 bits per heavy atom. The minimum Gasteiger partial charge on any atom is -0.330 e. The highest BCUT2D eigenvalue weighted by Gasteiger charge is 2.16. The highest BCUT2D eigenvalue weighted by molar-refractivity contribution is 4.73. The van der Waals surface area contributed by atoms with Crippen molar-refractivity contribution in [1.82, 2.24) is 40.4 Å². The van der Waals surface area contributed by atoms with E-state index < -0.39 is 0 Å². The van der Waals surface area contributed by atoms with Gasteiger partial charge in [-0.05, 0) is 175 Å². The van der Waals surface area contributed by atoms with E-state index in [1.54, 1.807) is 0 Å². The van der Waals surface area contributed by atoms with Crippen molar-refractivity contribution in [3.05, 3.63) is 0 Å². The lowest BCUT2D eigenvalue weighted by Gasteiger charge is -2.22. The van der Waals surface area contributed by atoms with Gasteiger partial charge in [0.25, 0.3) is 0 Å². The van der Waals surface area contributed by atoms with Crippen molar-refractivity contribution in [3.63, 3.8) is 0 Å². The van der Waals surface area contributed by atoms with Crippen LogP contribution in [0, 0.1) is 0 Å². The molecular weight excluding hydrogens is 574 g/mol. The largest absolute Gasteiger partial charge is 0.330 e. The van der Waals surface area contributed by atoms with Gasteiger partial charge in [-0.25, -0.2) is 0 Å². The van der Waals surface area contributed by atoms with Crippen LogP contribution in [-0.2, 0) is 0 Å². The molecule has 3 rings (SSSR count). The molecule has 0 unspecified atom stereocenters. The zero-order valence-electron chi connectivity index (χ0n) is 30.2. The van der Waals surface area contributed by atoms with E-state index in [1.807, 2.05) is 0 Å². The second-order valence-corrected chi connectivity index (χ2v) is 13.7. The molecule has 0 amide bonds. The summed E-state index contributed by atoms with van der Waals surface area (Å²) in [5.41, 5.74) is 16.4. The number of nitrogens with two attached hydrogens (primary N) is 3. The second-order valence-electron chi connectivity index (χ2n) is 13.7. The van der Waals surface area contributed by atoms with Crippen LogP contribution in [0.25, 0.3) is 0 Å². The van der Waals surface area contributed by atoms with E-state index in [4.69, 9.17) is 17.2 Å². The summed E-state index contributed by atoms with van der Waals surface area (Å²) < 4.78 is 0. The number of nitrogens with zero attached hydrogens (tertiary/aromatic N) is 5. The lowest BCUT2D eigenvalue weighted by Crippen LogP contribution is -2.32. The Balaban J connectivity index is 0.000000479. The minimum absolute atomic E-state index is 0.729. The molecular formula is C35H79N11. The van der Waals surface area contributed by atoms with Crippen molar-refractivity contribution < 1.29 is 0 Å². The molecule has 0 aromatic rings. The smallest absolute Gasteiger partial charge is 0.0110 e. The third-order valence-electron chi connectivity index (χ3n) is 9.14. The van der Waals surface area contributed by atoms with Gasteiger partial charge < -0.3 is 57.7 Å². The van der Waals surface area contributed by atoms with Gasteiger partial charge in [0.1, 0.15) is 0 Å². The predicted octanol–water partition coefficient (Wildman–Crippen LogP) is 0.460. The van der Waals surface area contributed by atoms with Gasteiger partial charge in [-0.2, -0.15) is 0 Å². The molecule has 0 aliphatic carbocycles. The molecule has 3 aliphatic heterocycles. The number of unbranched alkanes of at least 4 members (excludes halogenated alkanes) is 3. The van der Waals surface area contributed by atoms with Crippen LogP contribution in [0.5, 0.6) is 0 Å². The third kappa shape index (κ3) is 28.6. The van der Waals surface area contributed by atoms with Crippen LogP contribution in [0.1, 0.15) is 70.6 Å². The molecule has 3 aliphatic rings. The molecule has 0 radical (unpaired) electrons. The van der Waals surface area contributed by atoms with Crippen LogP contribution >= 0.6 is 0 Å². The van der Waals surface area contributed by atoms with E-state index >= 15 is 0 Å². The summed E-state index contributed by atoms with van der Waals surface area (Å²) in [7, 11) is 0. The average molecular weight is 654 g/mol. The van der Waals surface area contributed by atoms with Crippen LogP contribution in [0.2, 0.25) is 0 Å². The molecule has 3 saturated heterocycles. The summed E-state index contributed by atoms with van der Waals surface area (Å²) >= 11 is 0. The lowest BCUT2D eigenvalue weighted by molar-refractivity contribution is 0.257. The maximum atomic E-state index is 5.51. The van der Waals surface area contributed by atoms with Crippen LogP contribution in [0.3, 0.4) is 0 Å². The maximum absolute atomic E-state index is 5.51. The van der Waals surface area contributed by atoms with Crippen LogP contribution in [-0.4, -0.2) is 182 Å². The Bertz CT molecular complexity index is 604. The Morgan fingerprint density at radius 3 is 1.11 bits per heavy atom. The number of hydrogen-bond donors (Lipinski definition) is 6.